The Hall–Kier alpha value is -2.45. The van der Waals surface area contributed by atoms with Crippen molar-refractivity contribution in [1.82, 2.24) is 0 Å². The van der Waals surface area contributed by atoms with Gasteiger partial charge in [0.25, 0.3) is 5.91 Å². The normalized spacial score (nSPS) is 15.8. The summed E-state index contributed by atoms with van der Waals surface area (Å²) in [4.78, 5) is 12.7. The summed E-state index contributed by atoms with van der Waals surface area (Å²) in [5.41, 5.74) is 1.14. The van der Waals surface area contributed by atoms with Crippen LogP contribution < -0.4 is 19.1 Å². The topological polar surface area (TPSA) is 84.9 Å². The van der Waals surface area contributed by atoms with Gasteiger partial charge in [0.2, 0.25) is 10.0 Å². The average Bonchev–Trinajstić information content (AvgIpc) is 2.68. The van der Waals surface area contributed by atoms with Gasteiger partial charge in [0.1, 0.15) is 0 Å². The Morgan fingerprint density at radius 1 is 1.07 bits per heavy atom. The van der Waals surface area contributed by atoms with Crippen molar-refractivity contribution in [3.63, 3.8) is 0 Å². The second-order valence-electron chi connectivity index (χ2n) is 6.29. The number of methoxy groups -OCH3 is 2. The standard InChI is InChI=1S/C19H21ClN2O5S/c1-26-17-8-6-14(12-18(17)27-2)21-19(23)13-5-7-15(20)16(11-13)22-9-3-4-10-28(22,24)25/h5-8,11-12H,3-4,9-10H2,1-2H3,(H,21,23). The van der Waals surface area contributed by atoms with Crippen LogP contribution in [0.3, 0.4) is 0 Å². The maximum Gasteiger partial charge on any atom is 0.255 e. The molecule has 0 saturated carbocycles. The van der Waals surface area contributed by atoms with Crippen LogP contribution in [0.1, 0.15) is 23.2 Å². The minimum absolute atomic E-state index is 0.0748. The third-order valence-electron chi connectivity index (χ3n) is 4.47. The van der Waals surface area contributed by atoms with Crippen molar-refractivity contribution in [2.45, 2.75) is 12.8 Å². The van der Waals surface area contributed by atoms with E-state index in [1.54, 1.807) is 24.3 Å². The Morgan fingerprint density at radius 2 is 1.82 bits per heavy atom. The first kappa shape index (κ1) is 20.3. The molecule has 1 saturated heterocycles. The van der Waals surface area contributed by atoms with Gasteiger partial charge in [0.05, 0.1) is 30.7 Å². The molecule has 1 amide bonds. The Morgan fingerprint density at radius 3 is 2.50 bits per heavy atom. The minimum atomic E-state index is -3.43. The summed E-state index contributed by atoms with van der Waals surface area (Å²) >= 11 is 6.23. The molecule has 0 aromatic heterocycles. The minimum Gasteiger partial charge on any atom is -0.493 e. The van der Waals surface area contributed by atoms with Gasteiger partial charge in [0.15, 0.2) is 11.5 Å². The van der Waals surface area contributed by atoms with Gasteiger partial charge in [0, 0.05) is 23.9 Å². The summed E-state index contributed by atoms with van der Waals surface area (Å²) in [7, 11) is -0.395. The van der Waals surface area contributed by atoms with Crippen molar-refractivity contribution < 1.29 is 22.7 Å². The van der Waals surface area contributed by atoms with Gasteiger partial charge in [-0.3, -0.25) is 9.10 Å². The number of sulfonamides is 1. The van der Waals surface area contributed by atoms with Gasteiger partial charge in [-0.2, -0.15) is 0 Å². The molecule has 0 atom stereocenters. The van der Waals surface area contributed by atoms with Gasteiger partial charge in [-0.1, -0.05) is 11.6 Å². The first-order valence-corrected chi connectivity index (χ1v) is 10.7. The third kappa shape index (κ3) is 4.18. The van der Waals surface area contributed by atoms with E-state index in [0.29, 0.717) is 41.4 Å². The van der Waals surface area contributed by atoms with Crippen LogP contribution in [0.25, 0.3) is 0 Å². The molecule has 0 spiro atoms. The Bertz CT molecular complexity index is 994. The lowest BCUT2D eigenvalue weighted by Crippen LogP contribution is -2.38. The molecule has 1 fully saturated rings. The van der Waals surface area contributed by atoms with Crippen LogP contribution in [0.5, 0.6) is 11.5 Å². The van der Waals surface area contributed by atoms with E-state index in [4.69, 9.17) is 21.1 Å². The number of nitrogens with one attached hydrogen (secondary N) is 1. The first-order chi connectivity index (χ1) is 13.4. The zero-order chi connectivity index (χ0) is 20.3. The lowest BCUT2D eigenvalue weighted by atomic mass is 10.1. The first-order valence-electron chi connectivity index (χ1n) is 8.69. The predicted molar refractivity (Wildman–Crippen MR) is 109 cm³/mol. The molecule has 2 aromatic carbocycles. The number of rotatable bonds is 5. The van der Waals surface area contributed by atoms with Crippen molar-refractivity contribution >= 4 is 38.9 Å². The lowest BCUT2D eigenvalue weighted by Gasteiger charge is -2.29. The zero-order valence-electron chi connectivity index (χ0n) is 15.6. The maximum atomic E-state index is 12.7. The smallest absolute Gasteiger partial charge is 0.255 e. The van der Waals surface area contributed by atoms with Crippen LogP contribution in [-0.4, -0.2) is 40.8 Å². The van der Waals surface area contributed by atoms with E-state index in [9.17, 15) is 13.2 Å². The van der Waals surface area contributed by atoms with Crippen LogP contribution >= 0.6 is 11.6 Å². The number of nitrogens with zero attached hydrogens (tertiary/aromatic N) is 1. The number of hydrogen-bond acceptors (Lipinski definition) is 5. The zero-order valence-corrected chi connectivity index (χ0v) is 17.1. The Kier molecular flexibility index (Phi) is 6.00. The van der Waals surface area contributed by atoms with Gasteiger partial charge < -0.3 is 14.8 Å². The molecular formula is C19H21ClN2O5S. The van der Waals surface area contributed by atoms with Crippen LogP contribution in [0, 0.1) is 0 Å². The largest absolute Gasteiger partial charge is 0.493 e. The highest BCUT2D eigenvalue weighted by atomic mass is 35.5. The molecule has 0 radical (unpaired) electrons. The van der Waals surface area contributed by atoms with Crippen molar-refractivity contribution in [2.75, 3.05) is 36.1 Å². The fourth-order valence-electron chi connectivity index (χ4n) is 3.02. The highest BCUT2D eigenvalue weighted by Crippen LogP contribution is 2.33. The van der Waals surface area contributed by atoms with Gasteiger partial charge >= 0.3 is 0 Å². The van der Waals surface area contributed by atoms with Gasteiger partial charge in [-0.05, 0) is 43.2 Å². The van der Waals surface area contributed by atoms with E-state index in [1.165, 1.54) is 30.7 Å². The summed E-state index contributed by atoms with van der Waals surface area (Å²) in [6.45, 7) is 0.350. The second-order valence-corrected chi connectivity index (χ2v) is 8.71. The quantitative estimate of drug-likeness (QED) is 0.793. The molecule has 150 valence electrons. The van der Waals surface area contributed by atoms with Crippen LogP contribution in [0.2, 0.25) is 5.02 Å². The third-order valence-corrected chi connectivity index (χ3v) is 6.64. The number of amides is 1. The van der Waals surface area contributed by atoms with Crippen molar-refractivity contribution in [3.05, 3.63) is 47.0 Å². The van der Waals surface area contributed by atoms with Crippen molar-refractivity contribution in [3.8, 4) is 11.5 Å². The molecule has 3 rings (SSSR count). The molecule has 9 heteroatoms. The van der Waals surface area contributed by atoms with E-state index < -0.39 is 10.0 Å². The number of benzene rings is 2. The van der Waals surface area contributed by atoms with E-state index in [1.807, 2.05) is 0 Å². The highest BCUT2D eigenvalue weighted by molar-refractivity contribution is 7.92. The van der Waals surface area contributed by atoms with Crippen LogP contribution in [-0.2, 0) is 10.0 Å². The molecule has 1 aliphatic rings. The molecule has 1 aliphatic heterocycles. The molecule has 0 unspecified atom stereocenters. The molecule has 2 aromatic rings. The molecule has 7 nitrogen and oxygen atoms in total. The highest BCUT2D eigenvalue weighted by Gasteiger charge is 2.28. The van der Waals surface area contributed by atoms with E-state index in [2.05, 4.69) is 5.32 Å². The number of anilines is 2. The van der Waals surface area contributed by atoms with Crippen LogP contribution in [0.15, 0.2) is 36.4 Å². The summed E-state index contributed by atoms with van der Waals surface area (Å²) in [5.74, 6) is 0.714. The Balaban J connectivity index is 1.87. The maximum absolute atomic E-state index is 12.7. The van der Waals surface area contributed by atoms with E-state index in [0.717, 1.165) is 6.42 Å². The average molecular weight is 425 g/mol. The monoisotopic (exact) mass is 424 g/mol. The SMILES string of the molecule is COc1ccc(NC(=O)c2ccc(Cl)c(N3CCCCS3(=O)=O)c2)cc1OC. The fourth-order valence-corrected chi connectivity index (χ4v) is 4.94. The molecule has 1 N–H and O–H groups in total. The van der Waals surface area contributed by atoms with Crippen molar-refractivity contribution in [1.29, 1.82) is 0 Å². The number of halogens is 1. The molecule has 0 bridgehead atoms. The van der Waals surface area contributed by atoms with E-state index in [-0.39, 0.29) is 16.7 Å². The van der Waals surface area contributed by atoms with Crippen LogP contribution in [0.4, 0.5) is 11.4 Å². The second kappa shape index (κ2) is 8.28. The molecule has 1 heterocycles. The predicted octanol–water partition coefficient (Wildman–Crippen LogP) is 3.54. The van der Waals surface area contributed by atoms with E-state index >= 15 is 0 Å². The number of ether oxygens (including phenoxy) is 2. The number of carbonyl (C=O) groups is 1. The summed E-state index contributed by atoms with van der Waals surface area (Å²) in [5, 5.41) is 3.05. The summed E-state index contributed by atoms with van der Waals surface area (Å²) in [6.07, 6.45) is 1.37. The van der Waals surface area contributed by atoms with Crippen molar-refractivity contribution in [2.24, 2.45) is 0 Å². The summed E-state index contributed by atoms with van der Waals surface area (Å²) < 4.78 is 36.5. The van der Waals surface area contributed by atoms with Gasteiger partial charge in [-0.25, -0.2) is 8.42 Å². The van der Waals surface area contributed by atoms with Gasteiger partial charge in [-0.15, -0.1) is 0 Å². The summed E-state index contributed by atoms with van der Waals surface area (Å²) in [6, 6.07) is 9.60. The molecule has 0 aliphatic carbocycles. The lowest BCUT2D eigenvalue weighted by molar-refractivity contribution is 0.102. The molecular weight excluding hydrogens is 404 g/mol. The fraction of sp³-hybridized carbons (Fsp3) is 0.316. The number of hydrogen-bond donors (Lipinski definition) is 1. The molecule has 28 heavy (non-hydrogen) atoms. The number of carbonyl (C=O) groups excluding carboxylic acids is 1. The Labute approximate surface area is 169 Å².